The SMILES string of the molecule is COc1nc2c(cc1Nc1ncnc3sc4c(c13)CCN(C(=O)N(C)C)C4)C=CCN2. The number of carbonyl (C=O) groups excluding carboxylic acids is 1. The van der Waals surface area contributed by atoms with Crippen molar-refractivity contribution in [2.75, 3.05) is 44.9 Å². The average Bonchev–Trinajstić information content (AvgIpc) is 3.16. The van der Waals surface area contributed by atoms with E-state index in [1.54, 1.807) is 43.8 Å². The Labute approximate surface area is 183 Å². The van der Waals surface area contributed by atoms with Gasteiger partial charge in [0.15, 0.2) is 0 Å². The normalized spacial score (nSPS) is 14.6. The van der Waals surface area contributed by atoms with Gasteiger partial charge in [-0.05, 0) is 18.1 Å². The van der Waals surface area contributed by atoms with Gasteiger partial charge in [-0.1, -0.05) is 12.2 Å². The summed E-state index contributed by atoms with van der Waals surface area (Å²) in [6.07, 6.45) is 6.43. The lowest BCUT2D eigenvalue weighted by atomic mass is 10.1. The monoisotopic (exact) mass is 437 g/mol. The van der Waals surface area contributed by atoms with Crippen LogP contribution in [0.25, 0.3) is 16.3 Å². The minimum absolute atomic E-state index is 0.0269. The van der Waals surface area contributed by atoms with Gasteiger partial charge >= 0.3 is 6.03 Å². The van der Waals surface area contributed by atoms with Gasteiger partial charge in [0.1, 0.15) is 28.5 Å². The molecule has 2 N–H and O–H groups in total. The summed E-state index contributed by atoms with van der Waals surface area (Å²) in [6, 6.07) is 2.03. The van der Waals surface area contributed by atoms with Crippen molar-refractivity contribution >= 4 is 51.0 Å². The maximum Gasteiger partial charge on any atom is 0.319 e. The van der Waals surface area contributed by atoms with E-state index >= 15 is 0 Å². The molecular weight excluding hydrogens is 414 g/mol. The van der Waals surface area contributed by atoms with E-state index in [0.29, 0.717) is 19.0 Å². The van der Waals surface area contributed by atoms with Crippen molar-refractivity contribution in [2.24, 2.45) is 0 Å². The molecule has 3 aromatic heterocycles. The zero-order valence-electron chi connectivity index (χ0n) is 17.6. The van der Waals surface area contributed by atoms with Crippen LogP contribution in [0.1, 0.15) is 16.0 Å². The van der Waals surface area contributed by atoms with Gasteiger partial charge in [-0.15, -0.1) is 11.3 Å². The smallest absolute Gasteiger partial charge is 0.319 e. The number of methoxy groups -OCH3 is 1. The Morgan fingerprint density at radius 3 is 3.03 bits per heavy atom. The molecule has 0 aromatic carbocycles. The number of hydrogen-bond donors (Lipinski definition) is 2. The maximum atomic E-state index is 12.4. The Balaban J connectivity index is 1.53. The minimum atomic E-state index is 0.0269. The predicted octanol–water partition coefficient (Wildman–Crippen LogP) is 3.32. The van der Waals surface area contributed by atoms with Gasteiger partial charge in [0.05, 0.1) is 19.0 Å². The summed E-state index contributed by atoms with van der Waals surface area (Å²) in [5.41, 5.74) is 2.94. The number of nitrogens with one attached hydrogen (secondary N) is 2. The minimum Gasteiger partial charge on any atom is -0.479 e. The Morgan fingerprint density at radius 2 is 2.23 bits per heavy atom. The molecular formula is C21H23N7O2S. The highest BCUT2D eigenvalue weighted by molar-refractivity contribution is 7.19. The van der Waals surface area contributed by atoms with E-state index in [9.17, 15) is 4.79 Å². The van der Waals surface area contributed by atoms with Crippen molar-refractivity contribution in [3.8, 4) is 5.88 Å². The number of aromatic nitrogens is 3. The molecule has 0 unspecified atom stereocenters. The van der Waals surface area contributed by atoms with Crippen molar-refractivity contribution in [1.82, 2.24) is 24.8 Å². The Morgan fingerprint density at radius 1 is 1.35 bits per heavy atom. The standard InChI is InChI=1S/C21H23N7O2S/c1-27(2)21(29)28-8-6-13-15(10-28)31-20-16(13)18(23-11-24-20)25-14-9-12-5-4-7-22-17(12)26-19(14)30-3/h4-5,9,11H,6-8,10H2,1-3H3,(H,22,26)(H,23,24,25). The number of carbonyl (C=O) groups is 1. The second-order valence-electron chi connectivity index (χ2n) is 7.65. The number of pyridine rings is 1. The van der Waals surface area contributed by atoms with Gasteiger partial charge in [-0.2, -0.15) is 4.98 Å². The molecule has 0 radical (unpaired) electrons. The molecule has 0 saturated carbocycles. The summed E-state index contributed by atoms with van der Waals surface area (Å²) in [5, 5.41) is 7.68. The fourth-order valence-electron chi connectivity index (χ4n) is 3.96. The molecule has 31 heavy (non-hydrogen) atoms. The van der Waals surface area contributed by atoms with E-state index in [1.165, 1.54) is 5.56 Å². The summed E-state index contributed by atoms with van der Waals surface area (Å²) in [7, 11) is 5.17. The highest BCUT2D eigenvalue weighted by atomic mass is 32.1. The van der Waals surface area contributed by atoms with E-state index in [-0.39, 0.29) is 6.03 Å². The first-order valence-electron chi connectivity index (χ1n) is 10.0. The van der Waals surface area contributed by atoms with E-state index < -0.39 is 0 Å². The zero-order valence-corrected chi connectivity index (χ0v) is 18.4. The third-order valence-electron chi connectivity index (χ3n) is 5.44. The summed E-state index contributed by atoms with van der Waals surface area (Å²) < 4.78 is 5.53. The lowest BCUT2D eigenvalue weighted by molar-refractivity contribution is 0.166. The van der Waals surface area contributed by atoms with Gasteiger partial charge in [0.2, 0.25) is 5.88 Å². The van der Waals surface area contributed by atoms with Crippen LogP contribution in [0.4, 0.5) is 22.1 Å². The molecule has 2 aliphatic heterocycles. The molecule has 160 valence electrons. The first-order valence-corrected chi connectivity index (χ1v) is 10.8. The van der Waals surface area contributed by atoms with E-state index in [0.717, 1.165) is 50.9 Å². The van der Waals surface area contributed by atoms with Crippen LogP contribution in [-0.4, -0.2) is 65.1 Å². The van der Waals surface area contributed by atoms with Crippen molar-refractivity contribution < 1.29 is 9.53 Å². The number of thiophene rings is 1. The lowest BCUT2D eigenvalue weighted by Crippen LogP contribution is -2.41. The lowest BCUT2D eigenvalue weighted by Gasteiger charge is -2.29. The number of urea groups is 1. The molecule has 0 bridgehead atoms. The molecule has 0 aliphatic carbocycles. The van der Waals surface area contributed by atoms with Crippen LogP contribution in [0, 0.1) is 0 Å². The third kappa shape index (κ3) is 3.42. The highest BCUT2D eigenvalue weighted by Crippen LogP contribution is 2.39. The third-order valence-corrected chi connectivity index (χ3v) is 6.56. The molecule has 2 aliphatic rings. The number of fused-ring (bicyclic) bond motifs is 4. The summed E-state index contributed by atoms with van der Waals surface area (Å²) in [4.78, 5) is 31.6. The topological polar surface area (TPSA) is 95.5 Å². The molecule has 10 heteroatoms. The van der Waals surface area contributed by atoms with Crippen LogP contribution in [0.2, 0.25) is 0 Å². The summed E-state index contributed by atoms with van der Waals surface area (Å²) in [6.45, 7) is 2.01. The molecule has 5 heterocycles. The van der Waals surface area contributed by atoms with Crippen molar-refractivity contribution in [3.63, 3.8) is 0 Å². The van der Waals surface area contributed by atoms with E-state index in [2.05, 4.69) is 31.7 Å². The largest absolute Gasteiger partial charge is 0.479 e. The molecule has 0 spiro atoms. The average molecular weight is 438 g/mol. The van der Waals surface area contributed by atoms with Crippen LogP contribution >= 0.6 is 11.3 Å². The van der Waals surface area contributed by atoms with Gasteiger partial charge in [-0.3, -0.25) is 0 Å². The molecule has 3 aromatic rings. The Kier molecular flexibility index (Phi) is 4.85. The number of anilines is 3. The summed E-state index contributed by atoms with van der Waals surface area (Å²) in [5.74, 6) is 2.03. The van der Waals surface area contributed by atoms with Gasteiger partial charge in [-0.25, -0.2) is 14.8 Å². The number of ether oxygens (including phenoxy) is 1. The predicted molar refractivity (Wildman–Crippen MR) is 122 cm³/mol. The van der Waals surface area contributed by atoms with Gasteiger partial charge in [0, 0.05) is 37.6 Å². The zero-order chi connectivity index (χ0) is 21.5. The molecule has 0 atom stereocenters. The van der Waals surface area contributed by atoms with Crippen LogP contribution in [0.3, 0.4) is 0 Å². The van der Waals surface area contributed by atoms with Crippen LogP contribution in [-0.2, 0) is 13.0 Å². The van der Waals surface area contributed by atoms with Crippen molar-refractivity contribution in [1.29, 1.82) is 0 Å². The second-order valence-corrected chi connectivity index (χ2v) is 8.73. The fraction of sp³-hybridized carbons (Fsp3) is 0.333. The number of hydrogen-bond acceptors (Lipinski definition) is 8. The second kappa shape index (κ2) is 7.69. The fourth-order valence-corrected chi connectivity index (χ4v) is 5.17. The van der Waals surface area contributed by atoms with Crippen LogP contribution < -0.4 is 15.4 Å². The number of rotatable bonds is 3. The quantitative estimate of drug-likeness (QED) is 0.649. The molecule has 0 saturated heterocycles. The summed E-state index contributed by atoms with van der Waals surface area (Å²) >= 11 is 1.62. The molecule has 9 nitrogen and oxygen atoms in total. The Hall–Kier alpha value is -3.40. The number of amides is 2. The van der Waals surface area contributed by atoms with Gasteiger partial charge in [0.25, 0.3) is 0 Å². The van der Waals surface area contributed by atoms with Crippen molar-refractivity contribution in [3.05, 3.63) is 34.5 Å². The van der Waals surface area contributed by atoms with Crippen LogP contribution in [0.5, 0.6) is 5.88 Å². The first-order chi connectivity index (χ1) is 15.0. The van der Waals surface area contributed by atoms with Crippen molar-refractivity contribution in [2.45, 2.75) is 13.0 Å². The van der Waals surface area contributed by atoms with E-state index in [1.807, 2.05) is 17.0 Å². The highest BCUT2D eigenvalue weighted by Gasteiger charge is 2.27. The van der Waals surface area contributed by atoms with E-state index in [4.69, 9.17) is 4.74 Å². The van der Waals surface area contributed by atoms with Gasteiger partial charge < -0.3 is 25.2 Å². The Bertz CT molecular complexity index is 1200. The van der Waals surface area contributed by atoms with Crippen LogP contribution in [0.15, 0.2) is 18.5 Å². The maximum absolute atomic E-state index is 12.4. The molecule has 5 rings (SSSR count). The number of nitrogens with zero attached hydrogens (tertiary/aromatic N) is 5. The first kappa shape index (κ1) is 19.6. The molecule has 2 amide bonds. The molecule has 0 fully saturated rings.